The van der Waals surface area contributed by atoms with Gasteiger partial charge in [0.25, 0.3) is 0 Å². The zero-order chi connectivity index (χ0) is 14.8. The molecule has 5 nitrogen and oxygen atoms in total. The molecule has 5 heteroatoms. The Hall–Kier alpha value is -1.10. The van der Waals surface area contributed by atoms with E-state index in [4.69, 9.17) is 4.74 Å². The molecule has 1 aliphatic carbocycles. The van der Waals surface area contributed by atoms with Crippen LogP contribution in [0.2, 0.25) is 0 Å². The third-order valence-corrected chi connectivity index (χ3v) is 5.34. The number of amides is 1. The van der Waals surface area contributed by atoms with Gasteiger partial charge in [0.05, 0.1) is 12.5 Å². The van der Waals surface area contributed by atoms with Gasteiger partial charge in [-0.15, -0.1) is 0 Å². The first-order valence-electron chi connectivity index (χ1n) is 8.32. The first-order chi connectivity index (χ1) is 10.2. The summed E-state index contributed by atoms with van der Waals surface area (Å²) in [5, 5.41) is 9.46. The predicted octanol–water partition coefficient (Wildman–Crippen LogP) is 2.19. The first-order valence-corrected chi connectivity index (χ1v) is 8.32. The van der Waals surface area contributed by atoms with E-state index < -0.39 is 12.0 Å². The lowest BCUT2D eigenvalue weighted by atomic mass is 9.84. The number of fused-ring (bicyclic) bond motifs is 1. The fraction of sp³-hybridized carbons (Fsp3) is 0.875. The molecular weight excluding hydrogens is 270 g/mol. The van der Waals surface area contributed by atoms with Crippen LogP contribution in [0.1, 0.15) is 57.8 Å². The van der Waals surface area contributed by atoms with Crippen molar-refractivity contribution in [2.75, 3.05) is 6.61 Å². The molecule has 0 aromatic carbocycles. The molecule has 21 heavy (non-hydrogen) atoms. The van der Waals surface area contributed by atoms with Gasteiger partial charge >= 0.3 is 5.97 Å². The van der Waals surface area contributed by atoms with Gasteiger partial charge in [-0.05, 0) is 44.4 Å². The molecule has 3 fully saturated rings. The number of aliphatic carboxylic acids is 1. The summed E-state index contributed by atoms with van der Waals surface area (Å²) in [6, 6.07) is -0.467. The summed E-state index contributed by atoms with van der Waals surface area (Å²) < 4.78 is 5.64. The molecule has 3 aliphatic rings. The highest BCUT2D eigenvalue weighted by molar-refractivity contribution is 5.85. The third kappa shape index (κ3) is 3.07. The molecule has 2 heterocycles. The number of hydrogen-bond donors (Lipinski definition) is 1. The average Bonchev–Trinajstić information content (AvgIpc) is 2.88. The van der Waals surface area contributed by atoms with Crippen LogP contribution in [0.4, 0.5) is 0 Å². The molecule has 0 bridgehead atoms. The van der Waals surface area contributed by atoms with Gasteiger partial charge in [0.2, 0.25) is 5.91 Å². The number of carboxylic acids is 1. The molecule has 0 aromatic heterocycles. The van der Waals surface area contributed by atoms with E-state index in [0.717, 1.165) is 45.1 Å². The van der Waals surface area contributed by atoms with Gasteiger partial charge in [-0.2, -0.15) is 0 Å². The van der Waals surface area contributed by atoms with E-state index in [-0.39, 0.29) is 18.1 Å². The van der Waals surface area contributed by atoms with Gasteiger partial charge in [-0.1, -0.05) is 12.8 Å². The minimum Gasteiger partial charge on any atom is -0.480 e. The van der Waals surface area contributed by atoms with E-state index in [1.54, 1.807) is 4.90 Å². The van der Waals surface area contributed by atoms with E-state index >= 15 is 0 Å². The minimum absolute atomic E-state index is 0.0105. The van der Waals surface area contributed by atoms with Crippen molar-refractivity contribution in [2.24, 2.45) is 5.92 Å². The number of rotatable bonds is 3. The number of likely N-dealkylation sites (tertiary alicyclic amines) is 1. The van der Waals surface area contributed by atoms with E-state index in [0.29, 0.717) is 18.8 Å². The van der Waals surface area contributed by atoms with Crippen LogP contribution < -0.4 is 0 Å². The van der Waals surface area contributed by atoms with Crippen LogP contribution in [-0.4, -0.2) is 46.7 Å². The molecule has 2 aliphatic heterocycles. The van der Waals surface area contributed by atoms with Crippen LogP contribution in [0.3, 0.4) is 0 Å². The summed E-state index contributed by atoms with van der Waals surface area (Å²) in [6.45, 7) is 0.729. The Morgan fingerprint density at radius 1 is 1.10 bits per heavy atom. The number of carboxylic acid groups (broad SMARTS) is 1. The van der Waals surface area contributed by atoms with Crippen molar-refractivity contribution in [3.63, 3.8) is 0 Å². The van der Waals surface area contributed by atoms with E-state index in [1.165, 1.54) is 6.42 Å². The van der Waals surface area contributed by atoms with Crippen LogP contribution in [-0.2, 0) is 14.3 Å². The molecule has 0 unspecified atom stereocenters. The topological polar surface area (TPSA) is 66.8 Å². The second kappa shape index (κ2) is 6.34. The minimum atomic E-state index is -0.845. The summed E-state index contributed by atoms with van der Waals surface area (Å²) in [4.78, 5) is 25.9. The second-order valence-corrected chi connectivity index (χ2v) is 6.70. The fourth-order valence-electron chi connectivity index (χ4n) is 4.31. The van der Waals surface area contributed by atoms with Crippen LogP contribution >= 0.6 is 0 Å². The quantitative estimate of drug-likeness (QED) is 0.866. The molecule has 1 saturated carbocycles. The van der Waals surface area contributed by atoms with Gasteiger partial charge in [0, 0.05) is 12.6 Å². The molecular formula is C16H25NO4. The average molecular weight is 295 g/mol. The van der Waals surface area contributed by atoms with Crippen molar-refractivity contribution in [1.82, 2.24) is 4.90 Å². The lowest BCUT2D eigenvalue weighted by Gasteiger charge is -2.34. The Kier molecular flexibility index (Phi) is 4.48. The molecule has 0 spiro atoms. The van der Waals surface area contributed by atoms with Crippen molar-refractivity contribution >= 4 is 11.9 Å². The lowest BCUT2D eigenvalue weighted by Crippen LogP contribution is -2.47. The molecule has 3 rings (SSSR count). The highest BCUT2D eigenvalue weighted by Gasteiger charge is 2.47. The fourth-order valence-corrected chi connectivity index (χ4v) is 4.31. The molecule has 118 valence electrons. The highest BCUT2D eigenvalue weighted by Crippen LogP contribution is 2.40. The summed E-state index contributed by atoms with van der Waals surface area (Å²) in [5.41, 5.74) is 0. The molecule has 4 atom stereocenters. The lowest BCUT2D eigenvalue weighted by molar-refractivity contribution is -0.151. The zero-order valence-electron chi connectivity index (χ0n) is 12.5. The first kappa shape index (κ1) is 14.8. The van der Waals surface area contributed by atoms with E-state index in [9.17, 15) is 14.7 Å². The third-order valence-electron chi connectivity index (χ3n) is 5.34. The maximum atomic E-state index is 12.7. The van der Waals surface area contributed by atoms with Crippen molar-refractivity contribution in [1.29, 1.82) is 0 Å². The van der Waals surface area contributed by atoms with Crippen LogP contribution in [0.5, 0.6) is 0 Å². The number of nitrogens with zero attached hydrogens (tertiary/aromatic N) is 1. The Balaban J connectivity index is 1.69. The molecule has 2 saturated heterocycles. The van der Waals surface area contributed by atoms with Gasteiger partial charge in [-0.3, -0.25) is 4.79 Å². The highest BCUT2D eigenvalue weighted by atomic mass is 16.5. The second-order valence-electron chi connectivity index (χ2n) is 6.70. The van der Waals surface area contributed by atoms with Crippen molar-refractivity contribution in [3.8, 4) is 0 Å². The Morgan fingerprint density at radius 2 is 1.86 bits per heavy atom. The Morgan fingerprint density at radius 3 is 2.57 bits per heavy atom. The molecule has 1 N–H and O–H groups in total. The van der Waals surface area contributed by atoms with E-state index in [1.807, 2.05) is 0 Å². The molecule has 0 radical (unpaired) electrons. The number of ether oxygens (including phenoxy) is 1. The summed E-state index contributed by atoms with van der Waals surface area (Å²) in [5.74, 6) is -0.470. The van der Waals surface area contributed by atoms with Crippen molar-refractivity contribution in [2.45, 2.75) is 76.0 Å². The van der Waals surface area contributed by atoms with Gasteiger partial charge in [0.15, 0.2) is 0 Å². The number of carbonyl (C=O) groups excluding carboxylic acids is 1. The van der Waals surface area contributed by atoms with Crippen molar-refractivity contribution < 1.29 is 19.4 Å². The van der Waals surface area contributed by atoms with E-state index in [2.05, 4.69) is 0 Å². The van der Waals surface area contributed by atoms with Gasteiger partial charge in [0.1, 0.15) is 6.04 Å². The van der Waals surface area contributed by atoms with Crippen LogP contribution in [0.15, 0.2) is 0 Å². The maximum Gasteiger partial charge on any atom is 0.326 e. The SMILES string of the molecule is O=C(O)[C@@H]1C[C@@H]2CCCC[C@@H]2N1C(=O)C[C@@H]1CCCCO1. The Bertz CT molecular complexity index is 405. The largest absolute Gasteiger partial charge is 0.480 e. The van der Waals surface area contributed by atoms with Crippen molar-refractivity contribution in [3.05, 3.63) is 0 Å². The van der Waals surface area contributed by atoms with Crippen LogP contribution in [0.25, 0.3) is 0 Å². The van der Waals surface area contributed by atoms with Crippen LogP contribution in [0, 0.1) is 5.92 Å². The monoisotopic (exact) mass is 295 g/mol. The van der Waals surface area contributed by atoms with Gasteiger partial charge in [-0.25, -0.2) is 4.79 Å². The number of hydrogen-bond acceptors (Lipinski definition) is 3. The predicted molar refractivity (Wildman–Crippen MR) is 76.8 cm³/mol. The molecule has 0 aromatic rings. The maximum absolute atomic E-state index is 12.7. The standard InChI is InChI=1S/C16H25NO4/c18-15(10-12-6-3-4-8-21-12)17-13-7-2-1-5-11(13)9-14(17)16(19)20/h11-14H,1-10H2,(H,19,20)/t11-,12-,13-,14-/m0/s1. The number of carbonyl (C=O) groups is 2. The smallest absolute Gasteiger partial charge is 0.326 e. The Labute approximate surface area is 125 Å². The zero-order valence-corrected chi connectivity index (χ0v) is 12.5. The molecule has 1 amide bonds. The normalized spacial score (nSPS) is 36.3. The summed E-state index contributed by atoms with van der Waals surface area (Å²) in [6.07, 6.45) is 8.38. The summed E-state index contributed by atoms with van der Waals surface area (Å²) in [7, 11) is 0. The summed E-state index contributed by atoms with van der Waals surface area (Å²) >= 11 is 0. The van der Waals surface area contributed by atoms with Gasteiger partial charge < -0.3 is 14.7 Å².